The Kier molecular flexibility index (Phi) is 39.5. The predicted molar refractivity (Wildman–Crippen MR) is 209 cm³/mol. The quantitative estimate of drug-likeness (QED) is 0.0516. The third kappa shape index (κ3) is 39.4. The maximum absolute atomic E-state index is 12.7. The first-order chi connectivity index (χ1) is 23.6. The molecule has 0 saturated carbocycles. The highest BCUT2D eigenvalue weighted by Gasteiger charge is 2.14. The normalized spacial score (nSPS) is 12.0. The summed E-state index contributed by atoms with van der Waals surface area (Å²) in [4.78, 5) is 23.3. The van der Waals surface area contributed by atoms with E-state index in [1.54, 1.807) is 0 Å². The Labute approximate surface area is 301 Å². The molecule has 1 N–H and O–H groups in total. The van der Waals surface area contributed by atoms with Gasteiger partial charge < -0.3 is 9.84 Å². The summed E-state index contributed by atoms with van der Waals surface area (Å²) in [5, 5.41) is 8.72. The summed E-state index contributed by atoms with van der Waals surface area (Å²) in [6.07, 6.45) is 48.7. The fourth-order valence-electron chi connectivity index (χ4n) is 7.07. The van der Waals surface area contributed by atoms with Gasteiger partial charge in [-0.15, -0.1) is 0 Å². The van der Waals surface area contributed by atoms with Crippen LogP contribution >= 0.6 is 0 Å². The van der Waals surface area contributed by atoms with Gasteiger partial charge in [0.25, 0.3) is 0 Å². The monoisotopic (exact) mass is 679 g/mol. The van der Waals surface area contributed by atoms with Crippen LogP contribution in [0.15, 0.2) is 0 Å². The number of rotatable bonds is 41. The summed E-state index contributed by atoms with van der Waals surface area (Å²) in [7, 11) is 0. The number of carboxylic acid groups (broad SMARTS) is 1. The first-order valence-electron chi connectivity index (χ1n) is 22.0. The molecular weight excluding hydrogens is 592 g/mol. The van der Waals surface area contributed by atoms with Crippen LogP contribution in [0.25, 0.3) is 0 Å². The number of aliphatic carboxylic acids is 1. The van der Waals surface area contributed by atoms with Crippen molar-refractivity contribution in [1.29, 1.82) is 0 Å². The lowest BCUT2D eigenvalue weighted by Crippen LogP contribution is -2.18. The zero-order chi connectivity index (χ0) is 35.0. The van der Waals surface area contributed by atoms with Crippen molar-refractivity contribution in [3.8, 4) is 0 Å². The lowest BCUT2D eigenvalue weighted by molar-refractivity contribution is -0.150. The highest BCUT2D eigenvalue weighted by molar-refractivity contribution is 5.69. The summed E-state index contributed by atoms with van der Waals surface area (Å²) >= 11 is 0. The van der Waals surface area contributed by atoms with Gasteiger partial charge in [-0.05, 0) is 38.5 Å². The van der Waals surface area contributed by atoms with E-state index < -0.39 is 5.97 Å². The first kappa shape index (κ1) is 46.9. The van der Waals surface area contributed by atoms with Gasteiger partial charge in [0.15, 0.2) is 0 Å². The number of carbonyl (C=O) groups excluding carboxylic acids is 1. The molecule has 0 aromatic carbocycles. The van der Waals surface area contributed by atoms with Crippen LogP contribution in [0.5, 0.6) is 0 Å². The molecule has 0 aliphatic carbocycles. The highest BCUT2D eigenvalue weighted by Crippen LogP contribution is 2.19. The molecule has 286 valence electrons. The molecule has 4 heteroatoms. The molecular formula is C44H86O4. The fourth-order valence-corrected chi connectivity index (χ4v) is 7.07. The van der Waals surface area contributed by atoms with Gasteiger partial charge in [0, 0.05) is 12.8 Å². The van der Waals surface area contributed by atoms with Crippen molar-refractivity contribution >= 4 is 11.9 Å². The minimum atomic E-state index is -0.671. The molecule has 48 heavy (non-hydrogen) atoms. The Bertz CT molecular complexity index is 648. The van der Waals surface area contributed by atoms with E-state index in [1.807, 2.05) is 0 Å². The number of esters is 1. The third-order valence-electron chi connectivity index (χ3n) is 10.3. The molecule has 0 bridgehead atoms. The average molecular weight is 679 g/mol. The van der Waals surface area contributed by atoms with Gasteiger partial charge in [0.05, 0.1) is 0 Å². The van der Waals surface area contributed by atoms with Crippen LogP contribution in [-0.4, -0.2) is 23.1 Å². The zero-order valence-electron chi connectivity index (χ0n) is 32.8. The number of carboxylic acids is 1. The van der Waals surface area contributed by atoms with Crippen molar-refractivity contribution < 1.29 is 19.4 Å². The average Bonchev–Trinajstić information content (AvgIpc) is 3.07. The molecule has 0 aromatic heterocycles. The Morgan fingerprint density at radius 3 is 0.917 bits per heavy atom. The van der Waals surface area contributed by atoms with E-state index in [9.17, 15) is 9.59 Å². The second-order valence-electron chi connectivity index (χ2n) is 15.3. The van der Waals surface area contributed by atoms with Crippen LogP contribution in [0.2, 0.25) is 0 Å². The van der Waals surface area contributed by atoms with E-state index in [-0.39, 0.29) is 12.1 Å². The highest BCUT2D eigenvalue weighted by atomic mass is 16.5. The van der Waals surface area contributed by atoms with Crippen molar-refractivity contribution in [2.45, 2.75) is 270 Å². The van der Waals surface area contributed by atoms with Crippen molar-refractivity contribution in [2.24, 2.45) is 0 Å². The lowest BCUT2D eigenvalue weighted by Gasteiger charge is -2.18. The van der Waals surface area contributed by atoms with Gasteiger partial charge in [-0.2, -0.15) is 0 Å². The Morgan fingerprint density at radius 2 is 0.625 bits per heavy atom. The summed E-state index contributed by atoms with van der Waals surface area (Å²) < 4.78 is 6.05. The SMILES string of the molecule is CCCCCCCCCCCCCCCCCCCCCC(=O)OC(CCCCCCCC)CCCCCCCCCCCCC(=O)O. The van der Waals surface area contributed by atoms with Crippen molar-refractivity contribution in [2.75, 3.05) is 0 Å². The molecule has 0 saturated heterocycles. The molecule has 0 spiro atoms. The molecule has 0 rings (SSSR count). The van der Waals surface area contributed by atoms with Gasteiger partial charge in [-0.1, -0.05) is 213 Å². The standard InChI is InChI=1S/C44H86O4/c1-3-5-7-9-11-12-13-14-15-16-17-18-19-20-21-26-29-33-37-41-44(47)48-42(38-34-30-10-8-6-4-2)39-35-31-27-24-22-23-25-28-32-36-40-43(45)46/h42H,3-41H2,1-2H3,(H,45,46). The lowest BCUT2D eigenvalue weighted by atomic mass is 10.0. The molecule has 0 heterocycles. The first-order valence-corrected chi connectivity index (χ1v) is 22.0. The number of hydrogen-bond donors (Lipinski definition) is 1. The molecule has 0 amide bonds. The second-order valence-corrected chi connectivity index (χ2v) is 15.3. The molecule has 0 radical (unpaired) electrons. The van der Waals surface area contributed by atoms with Gasteiger partial charge in [0.1, 0.15) is 6.10 Å². The zero-order valence-corrected chi connectivity index (χ0v) is 32.8. The topological polar surface area (TPSA) is 63.6 Å². The van der Waals surface area contributed by atoms with Crippen LogP contribution in [0, 0.1) is 0 Å². The molecule has 0 fully saturated rings. The molecule has 4 nitrogen and oxygen atoms in total. The summed E-state index contributed by atoms with van der Waals surface area (Å²) in [6, 6.07) is 0. The second kappa shape index (κ2) is 40.4. The molecule has 0 aliphatic heterocycles. The van der Waals surface area contributed by atoms with Gasteiger partial charge in [-0.25, -0.2) is 0 Å². The number of hydrogen-bond acceptors (Lipinski definition) is 3. The van der Waals surface area contributed by atoms with Crippen LogP contribution in [-0.2, 0) is 14.3 Å². The third-order valence-corrected chi connectivity index (χ3v) is 10.3. The van der Waals surface area contributed by atoms with Crippen LogP contribution < -0.4 is 0 Å². The Hall–Kier alpha value is -1.06. The number of carbonyl (C=O) groups is 2. The molecule has 0 aromatic rings. The van der Waals surface area contributed by atoms with Gasteiger partial charge in [0.2, 0.25) is 0 Å². The van der Waals surface area contributed by atoms with Crippen molar-refractivity contribution in [1.82, 2.24) is 0 Å². The number of ether oxygens (including phenoxy) is 1. The van der Waals surface area contributed by atoms with Crippen LogP contribution in [0.3, 0.4) is 0 Å². The Balaban J connectivity index is 3.81. The molecule has 1 atom stereocenters. The van der Waals surface area contributed by atoms with Crippen LogP contribution in [0.4, 0.5) is 0 Å². The number of unbranched alkanes of at least 4 members (excludes halogenated alkanes) is 32. The summed E-state index contributed by atoms with van der Waals surface area (Å²) in [5.41, 5.74) is 0. The predicted octanol–water partition coefficient (Wildman–Crippen LogP) is 15.2. The maximum atomic E-state index is 12.7. The van der Waals surface area contributed by atoms with Crippen molar-refractivity contribution in [3.05, 3.63) is 0 Å². The van der Waals surface area contributed by atoms with Crippen LogP contribution in [0.1, 0.15) is 264 Å². The minimum Gasteiger partial charge on any atom is -0.481 e. The Morgan fingerprint density at radius 1 is 0.375 bits per heavy atom. The molecule has 0 aliphatic rings. The van der Waals surface area contributed by atoms with E-state index in [0.717, 1.165) is 44.9 Å². The minimum absolute atomic E-state index is 0.0429. The van der Waals surface area contributed by atoms with Gasteiger partial charge >= 0.3 is 11.9 Å². The molecule has 1 unspecified atom stereocenters. The van der Waals surface area contributed by atoms with E-state index in [0.29, 0.717) is 12.8 Å². The van der Waals surface area contributed by atoms with E-state index >= 15 is 0 Å². The van der Waals surface area contributed by atoms with Crippen molar-refractivity contribution in [3.63, 3.8) is 0 Å². The largest absolute Gasteiger partial charge is 0.481 e. The maximum Gasteiger partial charge on any atom is 0.306 e. The smallest absolute Gasteiger partial charge is 0.306 e. The van der Waals surface area contributed by atoms with E-state index in [1.165, 1.54) is 193 Å². The summed E-state index contributed by atoms with van der Waals surface area (Å²) in [5.74, 6) is -0.629. The summed E-state index contributed by atoms with van der Waals surface area (Å²) in [6.45, 7) is 4.56. The van der Waals surface area contributed by atoms with Gasteiger partial charge in [-0.3, -0.25) is 9.59 Å². The van der Waals surface area contributed by atoms with E-state index in [2.05, 4.69) is 13.8 Å². The fraction of sp³-hybridized carbons (Fsp3) is 0.955. The van der Waals surface area contributed by atoms with E-state index in [4.69, 9.17) is 9.84 Å².